The first kappa shape index (κ1) is 15.8. The van der Waals surface area contributed by atoms with Crippen molar-refractivity contribution in [3.8, 4) is 5.75 Å². The van der Waals surface area contributed by atoms with Crippen LogP contribution in [0.3, 0.4) is 0 Å². The van der Waals surface area contributed by atoms with Gasteiger partial charge in [-0.1, -0.05) is 12.1 Å². The average molecular weight is 294 g/mol. The van der Waals surface area contributed by atoms with Gasteiger partial charge in [-0.2, -0.15) is 0 Å². The van der Waals surface area contributed by atoms with Crippen molar-refractivity contribution in [3.05, 3.63) is 30.1 Å². The lowest BCUT2D eigenvalue weighted by atomic mass is 9.92. The van der Waals surface area contributed by atoms with Crippen molar-refractivity contribution in [2.75, 3.05) is 19.7 Å². The number of amides is 1. The number of rotatable bonds is 5. The fraction of sp³-hybridized carbons (Fsp3) is 0.562. The van der Waals surface area contributed by atoms with Crippen LogP contribution in [-0.4, -0.2) is 36.5 Å². The Labute approximate surface area is 125 Å². The van der Waals surface area contributed by atoms with E-state index in [1.54, 1.807) is 18.2 Å². The Balaban J connectivity index is 1.78. The molecule has 2 atom stereocenters. The maximum Gasteiger partial charge on any atom is 0.226 e. The number of carbonyl (C=O) groups excluding carboxylic acids is 1. The molecule has 2 rings (SSSR count). The zero-order valence-corrected chi connectivity index (χ0v) is 12.4. The first-order chi connectivity index (χ1) is 10.1. The van der Waals surface area contributed by atoms with Crippen LogP contribution >= 0.6 is 0 Å². The number of hydrogen-bond donors (Lipinski definition) is 1. The molecule has 0 unspecified atom stereocenters. The van der Waals surface area contributed by atoms with E-state index in [-0.39, 0.29) is 30.7 Å². The molecule has 0 aromatic heterocycles. The molecule has 1 aliphatic rings. The van der Waals surface area contributed by atoms with Crippen LogP contribution in [0.2, 0.25) is 0 Å². The minimum Gasteiger partial charge on any atom is -0.490 e. The van der Waals surface area contributed by atoms with Gasteiger partial charge in [-0.15, -0.1) is 0 Å². The van der Waals surface area contributed by atoms with Gasteiger partial charge in [0.25, 0.3) is 0 Å². The SMILES string of the molecule is C[C@H](N)[C@H]1CCCN(C(=O)CCOc2ccccc2F)C1. The van der Waals surface area contributed by atoms with Crippen molar-refractivity contribution in [2.24, 2.45) is 11.7 Å². The molecule has 2 N–H and O–H groups in total. The van der Waals surface area contributed by atoms with Gasteiger partial charge in [-0.3, -0.25) is 4.79 Å². The molecular formula is C16H23FN2O2. The Morgan fingerprint density at radius 1 is 1.52 bits per heavy atom. The third-order valence-corrected chi connectivity index (χ3v) is 3.96. The van der Waals surface area contributed by atoms with Crippen molar-refractivity contribution in [3.63, 3.8) is 0 Å². The number of nitrogens with two attached hydrogens (primary N) is 1. The van der Waals surface area contributed by atoms with Gasteiger partial charge in [-0.25, -0.2) is 4.39 Å². The van der Waals surface area contributed by atoms with Gasteiger partial charge >= 0.3 is 0 Å². The molecule has 0 bridgehead atoms. The average Bonchev–Trinajstić information content (AvgIpc) is 2.49. The molecule has 0 aliphatic carbocycles. The number of hydrogen-bond acceptors (Lipinski definition) is 3. The second-order valence-electron chi connectivity index (χ2n) is 5.63. The summed E-state index contributed by atoms with van der Waals surface area (Å²) in [6.07, 6.45) is 2.33. The quantitative estimate of drug-likeness (QED) is 0.905. The largest absolute Gasteiger partial charge is 0.490 e. The third-order valence-electron chi connectivity index (χ3n) is 3.96. The van der Waals surface area contributed by atoms with Gasteiger partial charge in [0, 0.05) is 19.1 Å². The van der Waals surface area contributed by atoms with Gasteiger partial charge < -0.3 is 15.4 Å². The zero-order valence-electron chi connectivity index (χ0n) is 12.4. The molecule has 1 aromatic rings. The molecule has 4 nitrogen and oxygen atoms in total. The highest BCUT2D eigenvalue weighted by molar-refractivity contribution is 5.76. The van der Waals surface area contributed by atoms with E-state index >= 15 is 0 Å². The van der Waals surface area contributed by atoms with E-state index in [0.29, 0.717) is 5.92 Å². The highest BCUT2D eigenvalue weighted by Gasteiger charge is 2.25. The van der Waals surface area contributed by atoms with Gasteiger partial charge in [-0.05, 0) is 37.8 Å². The van der Waals surface area contributed by atoms with Crippen LogP contribution in [0.4, 0.5) is 4.39 Å². The second-order valence-corrected chi connectivity index (χ2v) is 5.63. The predicted molar refractivity (Wildman–Crippen MR) is 79.5 cm³/mol. The molecule has 5 heteroatoms. The summed E-state index contributed by atoms with van der Waals surface area (Å²) in [7, 11) is 0. The summed E-state index contributed by atoms with van der Waals surface area (Å²) >= 11 is 0. The van der Waals surface area contributed by atoms with E-state index in [2.05, 4.69) is 0 Å². The van der Waals surface area contributed by atoms with Crippen molar-refractivity contribution >= 4 is 5.91 Å². The number of carbonyl (C=O) groups is 1. The normalized spacial score (nSPS) is 20.1. The van der Waals surface area contributed by atoms with Crippen LogP contribution in [0.15, 0.2) is 24.3 Å². The topological polar surface area (TPSA) is 55.6 Å². The maximum absolute atomic E-state index is 13.4. The van der Waals surface area contributed by atoms with Crippen molar-refractivity contribution in [2.45, 2.75) is 32.2 Å². The van der Waals surface area contributed by atoms with Crippen LogP contribution in [0.5, 0.6) is 5.75 Å². The van der Waals surface area contributed by atoms with Crippen molar-refractivity contribution in [1.29, 1.82) is 0 Å². The van der Waals surface area contributed by atoms with Crippen LogP contribution in [0.1, 0.15) is 26.2 Å². The van der Waals surface area contributed by atoms with E-state index < -0.39 is 5.82 Å². The lowest BCUT2D eigenvalue weighted by Gasteiger charge is -2.34. The molecule has 116 valence electrons. The number of halogens is 1. The highest BCUT2D eigenvalue weighted by atomic mass is 19.1. The van der Waals surface area contributed by atoms with Crippen molar-refractivity contribution < 1.29 is 13.9 Å². The van der Waals surface area contributed by atoms with Crippen molar-refractivity contribution in [1.82, 2.24) is 4.90 Å². The van der Waals surface area contributed by atoms with E-state index in [1.807, 2.05) is 11.8 Å². The smallest absolute Gasteiger partial charge is 0.226 e. The Morgan fingerprint density at radius 2 is 2.29 bits per heavy atom. The van der Waals surface area contributed by atoms with Crippen LogP contribution < -0.4 is 10.5 Å². The minimum atomic E-state index is -0.403. The summed E-state index contributed by atoms with van der Waals surface area (Å²) in [6.45, 7) is 3.68. The molecule has 1 amide bonds. The number of ether oxygens (including phenoxy) is 1. The van der Waals surface area contributed by atoms with E-state index in [4.69, 9.17) is 10.5 Å². The molecule has 0 saturated carbocycles. The third kappa shape index (κ3) is 4.43. The van der Waals surface area contributed by atoms with Crippen LogP contribution in [0, 0.1) is 11.7 Å². The molecule has 1 aliphatic heterocycles. The fourth-order valence-corrected chi connectivity index (χ4v) is 2.63. The summed E-state index contributed by atoms with van der Waals surface area (Å²) in [5.41, 5.74) is 5.92. The summed E-state index contributed by atoms with van der Waals surface area (Å²) in [6, 6.07) is 6.32. The molecule has 0 spiro atoms. The molecule has 1 aromatic carbocycles. The standard InChI is InChI=1S/C16H23FN2O2/c1-12(18)13-5-4-9-19(11-13)16(20)8-10-21-15-7-3-2-6-14(15)17/h2-3,6-7,12-13H,4-5,8-11,18H2,1H3/t12-,13-/m0/s1. The summed E-state index contributed by atoms with van der Waals surface area (Å²) < 4.78 is 18.7. The Kier molecular flexibility index (Phi) is 5.56. The van der Waals surface area contributed by atoms with Crippen LogP contribution in [0.25, 0.3) is 0 Å². The zero-order chi connectivity index (χ0) is 15.2. The number of piperidine rings is 1. The number of likely N-dealkylation sites (tertiary alicyclic amines) is 1. The minimum absolute atomic E-state index is 0.0525. The second kappa shape index (κ2) is 7.41. The first-order valence-electron chi connectivity index (χ1n) is 7.48. The van der Waals surface area contributed by atoms with E-state index in [0.717, 1.165) is 25.9 Å². The number of nitrogens with zero attached hydrogens (tertiary/aromatic N) is 1. The number of benzene rings is 1. The van der Waals surface area contributed by atoms with E-state index in [9.17, 15) is 9.18 Å². The predicted octanol–water partition coefficient (Wildman–Crippen LogP) is 2.18. The van der Waals surface area contributed by atoms with E-state index in [1.165, 1.54) is 6.07 Å². The van der Waals surface area contributed by atoms with Gasteiger partial charge in [0.05, 0.1) is 13.0 Å². The number of para-hydroxylation sites is 1. The van der Waals surface area contributed by atoms with Gasteiger partial charge in [0.15, 0.2) is 11.6 Å². The van der Waals surface area contributed by atoms with Crippen LogP contribution in [-0.2, 0) is 4.79 Å². The van der Waals surface area contributed by atoms with Gasteiger partial charge in [0.1, 0.15) is 0 Å². The molecule has 1 heterocycles. The fourth-order valence-electron chi connectivity index (χ4n) is 2.63. The highest BCUT2D eigenvalue weighted by Crippen LogP contribution is 2.20. The maximum atomic E-state index is 13.4. The monoisotopic (exact) mass is 294 g/mol. The summed E-state index contributed by atoms with van der Waals surface area (Å²) in [5, 5.41) is 0. The Bertz CT molecular complexity index is 479. The Hall–Kier alpha value is -1.62. The Morgan fingerprint density at radius 3 is 3.00 bits per heavy atom. The molecule has 21 heavy (non-hydrogen) atoms. The molecular weight excluding hydrogens is 271 g/mol. The molecule has 1 fully saturated rings. The lowest BCUT2D eigenvalue weighted by Crippen LogP contribution is -2.45. The first-order valence-corrected chi connectivity index (χ1v) is 7.48. The molecule has 0 radical (unpaired) electrons. The summed E-state index contributed by atoms with van der Waals surface area (Å²) in [4.78, 5) is 14.0. The van der Waals surface area contributed by atoms with Gasteiger partial charge in [0.2, 0.25) is 5.91 Å². The summed E-state index contributed by atoms with van der Waals surface area (Å²) in [5.74, 6) is 0.212. The lowest BCUT2D eigenvalue weighted by molar-refractivity contribution is -0.133. The molecule has 1 saturated heterocycles.